The van der Waals surface area contributed by atoms with Crippen LogP contribution in [0.5, 0.6) is 5.75 Å². The molecule has 0 amide bonds. The lowest BCUT2D eigenvalue weighted by molar-refractivity contribution is -0.138. The summed E-state index contributed by atoms with van der Waals surface area (Å²) in [6.45, 7) is 6.63. The van der Waals surface area contributed by atoms with E-state index in [1.165, 1.54) is 16.9 Å². The van der Waals surface area contributed by atoms with Crippen molar-refractivity contribution in [2.45, 2.75) is 39.3 Å². The molecule has 0 radical (unpaired) electrons. The fraction of sp³-hybridized carbons (Fsp3) is 0.184. The van der Waals surface area contributed by atoms with Crippen LogP contribution in [0.15, 0.2) is 117 Å². The second kappa shape index (κ2) is 14.5. The Morgan fingerprint density at radius 2 is 1.70 bits per heavy atom. The number of carbonyl (C=O) groups excluding carboxylic acids is 1. The number of ether oxygens (including phenoxy) is 2. The molecule has 0 unspecified atom stereocenters. The third-order valence-electron chi connectivity index (χ3n) is 7.84. The Kier molecular flexibility index (Phi) is 10.2. The summed E-state index contributed by atoms with van der Waals surface area (Å²) in [7, 11) is 0. The molecule has 0 spiro atoms. The molecular formula is C38H32BrIN2O4S. The van der Waals surface area contributed by atoms with Crippen LogP contribution in [0, 0.1) is 3.57 Å². The van der Waals surface area contributed by atoms with Gasteiger partial charge >= 0.3 is 5.97 Å². The summed E-state index contributed by atoms with van der Waals surface area (Å²) in [6, 6.07) is 30.9. The normalized spacial score (nSPS) is 14.6. The summed E-state index contributed by atoms with van der Waals surface area (Å²) in [6.07, 6.45) is 1.85. The average Bonchev–Trinajstić information content (AvgIpc) is 3.38. The van der Waals surface area contributed by atoms with Crippen LogP contribution in [0.1, 0.15) is 60.5 Å². The average molecular weight is 820 g/mol. The standard InChI is InChI=1S/C38H32BrIN2O4S/c1-4-45-37(44)32-33(26-13-9-6-10-14-26)41-38-42(34(32)27-17-15-25(16-18-27)23(2)3)36(43)31(47-38)20-28-19-29(39)21-30(40)35(28)46-22-24-11-7-5-8-12-24/h5-21,23,34H,4,22H2,1-3H3/b31-20-/t34-/m1/s1. The molecule has 0 N–H and O–H groups in total. The van der Waals surface area contributed by atoms with E-state index in [1.807, 2.05) is 91.0 Å². The zero-order valence-electron chi connectivity index (χ0n) is 26.1. The third kappa shape index (κ3) is 7.07. The van der Waals surface area contributed by atoms with Crippen LogP contribution in [0.3, 0.4) is 0 Å². The van der Waals surface area contributed by atoms with E-state index in [1.54, 1.807) is 11.5 Å². The summed E-state index contributed by atoms with van der Waals surface area (Å²) in [5.41, 5.74) is 5.13. The monoisotopic (exact) mass is 818 g/mol. The Labute approximate surface area is 299 Å². The van der Waals surface area contributed by atoms with E-state index in [0.717, 1.165) is 30.3 Å². The quantitative estimate of drug-likeness (QED) is 0.112. The van der Waals surface area contributed by atoms with Gasteiger partial charge in [-0.3, -0.25) is 9.36 Å². The van der Waals surface area contributed by atoms with Gasteiger partial charge in [0.05, 0.1) is 32.0 Å². The van der Waals surface area contributed by atoms with Gasteiger partial charge in [0, 0.05) is 15.6 Å². The van der Waals surface area contributed by atoms with E-state index >= 15 is 0 Å². The Morgan fingerprint density at radius 3 is 2.36 bits per heavy atom. The minimum Gasteiger partial charge on any atom is -0.487 e. The van der Waals surface area contributed by atoms with E-state index in [2.05, 4.69) is 64.5 Å². The van der Waals surface area contributed by atoms with Crippen LogP contribution in [-0.4, -0.2) is 17.1 Å². The molecule has 2 heterocycles. The largest absolute Gasteiger partial charge is 0.487 e. The van der Waals surface area contributed by atoms with Gasteiger partial charge in [-0.1, -0.05) is 126 Å². The summed E-state index contributed by atoms with van der Waals surface area (Å²) in [5.74, 6) is 0.513. The number of nitrogens with zero attached hydrogens (tertiary/aromatic N) is 2. The lowest BCUT2D eigenvalue weighted by Gasteiger charge is -2.26. The van der Waals surface area contributed by atoms with Crippen molar-refractivity contribution in [1.29, 1.82) is 0 Å². The lowest BCUT2D eigenvalue weighted by atomic mass is 9.91. The molecule has 0 bridgehead atoms. The van der Waals surface area contributed by atoms with Crippen LogP contribution in [0.25, 0.3) is 11.8 Å². The molecule has 1 aromatic heterocycles. The van der Waals surface area contributed by atoms with Crippen LogP contribution in [0.4, 0.5) is 0 Å². The smallest absolute Gasteiger partial charge is 0.338 e. The van der Waals surface area contributed by atoms with Crippen LogP contribution in [-0.2, 0) is 16.1 Å². The van der Waals surface area contributed by atoms with Crippen molar-refractivity contribution in [2.24, 2.45) is 4.99 Å². The number of rotatable bonds is 9. The van der Waals surface area contributed by atoms with Gasteiger partial charge in [0.1, 0.15) is 12.4 Å². The second-order valence-corrected chi connectivity index (χ2v) is 14.4. The van der Waals surface area contributed by atoms with Gasteiger partial charge in [0.2, 0.25) is 0 Å². The number of benzene rings is 4. The molecule has 6 nitrogen and oxygen atoms in total. The number of aromatic nitrogens is 1. The predicted molar refractivity (Wildman–Crippen MR) is 199 cm³/mol. The van der Waals surface area contributed by atoms with Crippen LogP contribution >= 0.6 is 49.9 Å². The number of esters is 1. The van der Waals surface area contributed by atoms with Crippen molar-refractivity contribution in [3.63, 3.8) is 0 Å². The summed E-state index contributed by atoms with van der Waals surface area (Å²) in [5, 5.41) is 0. The van der Waals surface area contributed by atoms with E-state index in [9.17, 15) is 9.59 Å². The first-order valence-corrected chi connectivity index (χ1v) is 18.0. The van der Waals surface area contributed by atoms with Crippen molar-refractivity contribution in [2.75, 3.05) is 6.61 Å². The van der Waals surface area contributed by atoms with Crippen molar-refractivity contribution >= 4 is 67.6 Å². The number of hydrogen-bond acceptors (Lipinski definition) is 6. The maximum Gasteiger partial charge on any atom is 0.338 e. The Bertz CT molecular complexity index is 2140. The predicted octanol–water partition coefficient (Wildman–Crippen LogP) is 8.01. The second-order valence-electron chi connectivity index (χ2n) is 11.3. The zero-order valence-corrected chi connectivity index (χ0v) is 30.6. The fourth-order valence-corrected chi connectivity index (χ4v) is 8.23. The fourth-order valence-electron chi connectivity index (χ4n) is 5.53. The number of carbonyl (C=O) groups is 1. The first-order chi connectivity index (χ1) is 22.7. The summed E-state index contributed by atoms with van der Waals surface area (Å²) in [4.78, 5) is 33.7. The molecular weight excluding hydrogens is 787 g/mol. The molecule has 0 saturated heterocycles. The van der Waals surface area contributed by atoms with Gasteiger partial charge in [0.25, 0.3) is 5.56 Å². The zero-order chi connectivity index (χ0) is 33.1. The molecule has 1 aliphatic rings. The Hall–Kier alpha value is -3.80. The van der Waals surface area contributed by atoms with Crippen molar-refractivity contribution in [3.05, 3.63) is 158 Å². The van der Waals surface area contributed by atoms with Crippen molar-refractivity contribution < 1.29 is 14.3 Å². The van der Waals surface area contributed by atoms with Gasteiger partial charge in [-0.25, -0.2) is 9.79 Å². The molecule has 0 fully saturated rings. The van der Waals surface area contributed by atoms with E-state index in [4.69, 9.17) is 14.5 Å². The van der Waals surface area contributed by atoms with Gasteiger partial charge in [-0.05, 0) is 70.3 Å². The van der Waals surface area contributed by atoms with Gasteiger partial charge in [-0.15, -0.1) is 0 Å². The first-order valence-electron chi connectivity index (χ1n) is 15.3. The van der Waals surface area contributed by atoms with Gasteiger partial charge in [-0.2, -0.15) is 0 Å². The number of thiazole rings is 1. The van der Waals surface area contributed by atoms with Crippen molar-refractivity contribution in [3.8, 4) is 5.75 Å². The Morgan fingerprint density at radius 1 is 1.02 bits per heavy atom. The lowest BCUT2D eigenvalue weighted by Crippen LogP contribution is -2.40. The van der Waals surface area contributed by atoms with E-state index < -0.39 is 12.0 Å². The number of hydrogen-bond donors (Lipinski definition) is 0. The van der Waals surface area contributed by atoms with E-state index in [-0.39, 0.29) is 12.2 Å². The van der Waals surface area contributed by atoms with E-state index in [0.29, 0.717) is 38.9 Å². The molecule has 6 rings (SSSR count). The first kappa shape index (κ1) is 33.1. The summed E-state index contributed by atoms with van der Waals surface area (Å²) < 4.78 is 15.8. The van der Waals surface area contributed by atoms with Gasteiger partial charge < -0.3 is 9.47 Å². The molecule has 1 atom stereocenters. The summed E-state index contributed by atoms with van der Waals surface area (Å²) >= 11 is 7.17. The van der Waals surface area contributed by atoms with Crippen LogP contribution < -0.4 is 19.6 Å². The van der Waals surface area contributed by atoms with Crippen LogP contribution in [0.2, 0.25) is 0 Å². The highest BCUT2D eigenvalue weighted by Gasteiger charge is 2.35. The molecule has 9 heteroatoms. The highest BCUT2D eigenvalue weighted by atomic mass is 127. The topological polar surface area (TPSA) is 69.9 Å². The molecule has 0 aliphatic carbocycles. The molecule has 0 saturated carbocycles. The minimum absolute atomic E-state index is 0.196. The number of halogens is 2. The third-order valence-corrected chi connectivity index (χ3v) is 10.1. The number of fused-ring (bicyclic) bond motifs is 1. The molecule has 4 aromatic carbocycles. The Balaban J connectivity index is 1.57. The molecule has 47 heavy (non-hydrogen) atoms. The SMILES string of the molecule is CCOC(=O)C1=C(c2ccccc2)N=c2s/c(=C\c3cc(Br)cc(I)c3OCc3ccccc3)c(=O)n2[C@@H]1c1ccc(C(C)C)cc1. The van der Waals surface area contributed by atoms with Gasteiger partial charge in [0.15, 0.2) is 4.80 Å². The molecule has 1 aliphatic heterocycles. The minimum atomic E-state index is -0.736. The highest BCUT2D eigenvalue weighted by molar-refractivity contribution is 14.1. The van der Waals surface area contributed by atoms with Crippen molar-refractivity contribution in [1.82, 2.24) is 4.57 Å². The molecule has 5 aromatic rings. The maximum atomic E-state index is 14.5. The molecule has 238 valence electrons. The maximum absolute atomic E-state index is 14.5. The highest BCUT2D eigenvalue weighted by Crippen LogP contribution is 2.36.